The fourth-order valence-corrected chi connectivity index (χ4v) is 3.70. The van der Waals surface area contributed by atoms with Gasteiger partial charge in [-0.05, 0) is 42.5 Å². The smallest absolute Gasteiger partial charge is 0.287 e. The molecule has 0 saturated carbocycles. The maximum atomic E-state index is 12.8. The molecule has 0 unspecified atom stereocenters. The van der Waals surface area contributed by atoms with E-state index in [0.29, 0.717) is 44.8 Å². The van der Waals surface area contributed by atoms with Crippen LogP contribution in [-0.2, 0) is 17.7 Å². The maximum absolute atomic E-state index is 12.8. The van der Waals surface area contributed by atoms with Gasteiger partial charge in [-0.15, -0.1) is 0 Å². The van der Waals surface area contributed by atoms with E-state index < -0.39 is 0 Å². The normalized spacial score (nSPS) is 19.6. The van der Waals surface area contributed by atoms with E-state index in [0.717, 1.165) is 18.7 Å². The minimum Gasteiger partial charge on any atom is -0.440 e. The standard InChI is InChI=1S/C18H21ClN4O4/c19-16-2-1-15(27-16)17(24)20-10-12-3-4-23-14(9-12)13(11-21-23)18(25)22-5-7-26-8-6-22/h1-2,11-12H,3-10H2,(H,20,24)/t12-/m0/s1. The van der Waals surface area contributed by atoms with Gasteiger partial charge in [-0.25, -0.2) is 0 Å². The minimum absolute atomic E-state index is 0.00876. The van der Waals surface area contributed by atoms with Crippen molar-refractivity contribution in [1.82, 2.24) is 20.0 Å². The lowest BCUT2D eigenvalue weighted by Crippen LogP contribution is -2.41. The second kappa shape index (κ2) is 7.74. The van der Waals surface area contributed by atoms with Crippen LogP contribution in [0.5, 0.6) is 0 Å². The van der Waals surface area contributed by atoms with Crippen molar-refractivity contribution < 1.29 is 18.7 Å². The van der Waals surface area contributed by atoms with E-state index in [9.17, 15) is 9.59 Å². The van der Waals surface area contributed by atoms with Crippen molar-refractivity contribution in [3.63, 3.8) is 0 Å². The fourth-order valence-electron chi connectivity index (χ4n) is 3.55. The Labute approximate surface area is 161 Å². The first-order chi connectivity index (χ1) is 13.1. The average molecular weight is 393 g/mol. The summed E-state index contributed by atoms with van der Waals surface area (Å²) < 4.78 is 12.3. The van der Waals surface area contributed by atoms with Crippen LogP contribution in [-0.4, -0.2) is 59.3 Å². The lowest BCUT2D eigenvalue weighted by Gasteiger charge is -2.28. The second-order valence-corrected chi connectivity index (χ2v) is 7.18. The predicted molar refractivity (Wildman–Crippen MR) is 96.8 cm³/mol. The monoisotopic (exact) mass is 392 g/mol. The minimum atomic E-state index is -0.286. The second-order valence-electron chi connectivity index (χ2n) is 6.81. The summed E-state index contributed by atoms with van der Waals surface area (Å²) in [5.41, 5.74) is 1.60. The number of aryl methyl sites for hydroxylation is 1. The largest absolute Gasteiger partial charge is 0.440 e. The SMILES string of the molecule is O=C(NC[C@H]1CCn2ncc(C(=O)N3CCOCC3)c2C1)c1ccc(Cl)o1. The summed E-state index contributed by atoms with van der Waals surface area (Å²) in [5, 5.41) is 7.45. The summed E-state index contributed by atoms with van der Waals surface area (Å²) in [6.45, 7) is 3.59. The van der Waals surface area contributed by atoms with E-state index in [1.165, 1.54) is 0 Å². The molecule has 8 nitrogen and oxygen atoms in total. The summed E-state index contributed by atoms with van der Waals surface area (Å²) in [6, 6.07) is 3.09. The molecule has 1 saturated heterocycles. The summed E-state index contributed by atoms with van der Waals surface area (Å²) in [6.07, 6.45) is 3.25. The van der Waals surface area contributed by atoms with Crippen LogP contribution in [0.1, 0.15) is 33.0 Å². The van der Waals surface area contributed by atoms with Crippen LogP contribution < -0.4 is 5.32 Å². The first kappa shape index (κ1) is 18.1. The Bertz CT molecular complexity index is 840. The Kier molecular flexibility index (Phi) is 5.18. The Balaban J connectivity index is 1.39. The molecule has 2 amide bonds. The number of nitrogens with one attached hydrogen (secondary N) is 1. The van der Waals surface area contributed by atoms with Crippen molar-refractivity contribution in [2.75, 3.05) is 32.8 Å². The first-order valence-corrected chi connectivity index (χ1v) is 9.45. The number of ether oxygens (including phenoxy) is 1. The molecule has 2 aliphatic heterocycles. The van der Waals surface area contributed by atoms with Gasteiger partial charge in [0, 0.05) is 26.2 Å². The van der Waals surface area contributed by atoms with Crippen LogP contribution >= 0.6 is 11.6 Å². The molecular formula is C18H21ClN4O4. The first-order valence-electron chi connectivity index (χ1n) is 9.07. The number of carbonyl (C=O) groups is 2. The summed E-state index contributed by atoms with van der Waals surface area (Å²) in [7, 11) is 0. The molecule has 1 N–H and O–H groups in total. The van der Waals surface area contributed by atoms with Gasteiger partial charge in [0.1, 0.15) is 0 Å². The van der Waals surface area contributed by atoms with E-state index in [1.807, 2.05) is 9.58 Å². The molecule has 4 heterocycles. The number of morpholine rings is 1. The molecule has 4 rings (SSSR count). The lowest BCUT2D eigenvalue weighted by atomic mass is 9.94. The number of rotatable bonds is 4. The van der Waals surface area contributed by atoms with Crippen molar-refractivity contribution in [3.8, 4) is 0 Å². The lowest BCUT2D eigenvalue weighted by molar-refractivity contribution is 0.0301. The molecule has 2 aliphatic rings. The van der Waals surface area contributed by atoms with Crippen LogP contribution in [0.4, 0.5) is 0 Å². The fraction of sp³-hybridized carbons (Fsp3) is 0.500. The third-order valence-electron chi connectivity index (χ3n) is 5.06. The van der Waals surface area contributed by atoms with Crippen LogP contribution in [0.2, 0.25) is 5.22 Å². The maximum Gasteiger partial charge on any atom is 0.287 e. The molecule has 0 spiro atoms. The number of nitrogens with zero attached hydrogens (tertiary/aromatic N) is 3. The van der Waals surface area contributed by atoms with Crippen molar-refractivity contribution in [2.24, 2.45) is 5.92 Å². The van der Waals surface area contributed by atoms with Crippen LogP contribution in [0.3, 0.4) is 0 Å². The van der Waals surface area contributed by atoms with Gasteiger partial charge in [-0.1, -0.05) is 0 Å². The zero-order chi connectivity index (χ0) is 18.8. The molecule has 1 atom stereocenters. The highest BCUT2D eigenvalue weighted by molar-refractivity contribution is 6.29. The van der Waals surface area contributed by atoms with E-state index in [2.05, 4.69) is 10.4 Å². The Morgan fingerprint density at radius 2 is 2.07 bits per heavy atom. The van der Waals surface area contributed by atoms with Crippen molar-refractivity contribution in [2.45, 2.75) is 19.4 Å². The van der Waals surface area contributed by atoms with Gasteiger partial charge in [0.15, 0.2) is 11.0 Å². The Morgan fingerprint density at radius 3 is 2.81 bits per heavy atom. The number of hydrogen-bond donors (Lipinski definition) is 1. The number of amides is 2. The highest BCUT2D eigenvalue weighted by atomic mass is 35.5. The Hall–Kier alpha value is -2.32. The molecule has 0 aliphatic carbocycles. The van der Waals surface area contributed by atoms with E-state index in [1.54, 1.807) is 18.3 Å². The third kappa shape index (κ3) is 3.86. The summed E-state index contributed by atoms with van der Waals surface area (Å²) in [4.78, 5) is 26.8. The number of hydrogen-bond acceptors (Lipinski definition) is 5. The average Bonchev–Trinajstić information content (AvgIpc) is 3.32. The van der Waals surface area contributed by atoms with Gasteiger partial charge < -0.3 is 19.4 Å². The van der Waals surface area contributed by atoms with Gasteiger partial charge in [0.2, 0.25) is 0 Å². The topological polar surface area (TPSA) is 89.6 Å². The highest BCUT2D eigenvalue weighted by Crippen LogP contribution is 2.24. The quantitative estimate of drug-likeness (QED) is 0.853. The zero-order valence-electron chi connectivity index (χ0n) is 14.8. The molecule has 0 radical (unpaired) electrons. The van der Waals surface area contributed by atoms with Gasteiger partial charge in [0.05, 0.1) is 30.7 Å². The molecule has 144 valence electrons. The van der Waals surface area contributed by atoms with Gasteiger partial charge in [0.25, 0.3) is 11.8 Å². The van der Waals surface area contributed by atoms with Gasteiger partial charge in [-0.2, -0.15) is 5.10 Å². The zero-order valence-corrected chi connectivity index (χ0v) is 15.6. The van der Waals surface area contributed by atoms with Gasteiger partial charge in [-0.3, -0.25) is 14.3 Å². The molecule has 2 aromatic rings. The number of aromatic nitrogens is 2. The van der Waals surface area contributed by atoms with E-state index in [-0.39, 0.29) is 28.7 Å². The molecule has 0 aromatic carbocycles. The molecule has 2 aromatic heterocycles. The van der Waals surface area contributed by atoms with Crippen LogP contribution in [0, 0.1) is 5.92 Å². The molecule has 0 bridgehead atoms. The summed E-state index contributed by atoms with van der Waals surface area (Å²) >= 11 is 5.71. The van der Waals surface area contributed by atoms with Crippen molar-refractivity contribution in [3.05, 3.63) is 40.6 Å². The highest BCUT2D eigenvalue weighted by Gasteiger charge is 2.28. The van der Waals surface area contributed by atoms with Crippen LogP contribution in [0.15, 0.2) is 22.7 Å². The molecule has 9 heteroatoms. The van der Waals surface area contributed by atoms with E-state index in [4.69, 9.17) is 20.8 Å². The number of furan rings is 1. The van der Waals surface area contributed by atoms with Crippen molar-refractivity contribution in [1.29, 1.82) is 0 Å². The predicted octanol–water partition coefficient (Wildman–Crippen LogP) is 1.59. The van der Waals surface area contributed by atoms with E-state index >= 15 is 0 Å². The number of carbonyl (C=O) groups excluding carboxylic acids is 2. The number of halogens is 1. The van der Waals surface area contributed by atoms with Crippen LogP contribution in [0.25, 0.3) is 0 Å². The number of fused-ring (bicyclic) bond motifs is 1. The Morgan fingerprint density at radius 1 is 1.26 bits per heavy atom. The van der Waals surface area contributed by atoms with Gasteiger partial charge >= 0.3 is 0 Å². The molecule has 27 heavy (non-hydrogen) atoms. The molecule has 1 fully saturated rings. The van der Waals surface area contributed by atoms with Crippen molar-refractivity contribution >= 4 is 23.4 Å². The third-order valence-corrected chi connectivity index (χ3v) is 5.26. The summed E-state index contributed by atoms with van der Waals surface area (Å²) in [5.74, 6) is 0.156. The molecular weight excluding hydrogens is 372 g/mol.